The van der Waals surface area contributed by atoms with E-state index in [1.54, 1.807) is 19.9 Å². The highest BCUT2D eigenvalue weighted by atomic mass is 19.4. The molecule has 0 radical (unpaired) electrons. The molecule has 10 heteroatoms. The van der Waals surface area contributed by atoms with Crippen molar-refractivity contribution in [2.75, 3.05) is 0 Å². The van der Waals surface area contributed by atoms with Crippen LogP contribution in [0.5, 0.6) is 5.75 Å². The van der Waals surface area contributed by atoms with Gasteiger partial charge in [0.05, 0.1) is 28.0 Å². The van der Waals surface area contributed by atoms with Crippen molar-refractivity contribution in [3.63, 3.8) is 0 Å². The second kappa shape index (κ2) is 6.90. The van der Waals surface area contributed by atoms with E-state index in [1.165, 1.54) is 41.1 Å². The van der Waals surface area contributed by atoms with Gasteiger partial charge in [-0.25, -0.2) is 9.48 Å². The average molecular weight is 417 g/mol. The number of halogens is 3. The molecule has 7 nitrogen and oxygen atoms in total. The second-order valence-electron chi connectivity index (χ2n) is 6.54. The van der Waals surface area contributed by atoms with Crippen LogP contribution in [-0.2, 0) is 0 Å². The van der Waals surface area contributed by atoms with Crippen LogP contribution in [0, 0.1) is 13.8 Å². The number of carbonyl (C=O) groups is 1. The molecule has 0 saturated heterocycles. The first-order chi connectivity index (χ1) is 14.1. The van der Waals surface area contributed by atoms with Crippen LogP contribution in [0.4, 0.5) is 13.2 Å². The number of benzene rings is 2. The quantitative estimate of drug-likeness (QED) is 0.508. The fraction of sp³-hybridized carbons (Fsp3) is 0.150. The Bertz CT molecular complexity index is 1240. The first-order valence-electron chi connectivity index (χ1n) is 8.69. The van der Waals surface area contributed by atoms with Crippen LogP contribution in [0.15, 0.2) is 47.0 Å². The molecule has 30 heavy (non-hydrogen) atoms. The highest BCUT2D eigenvalue weighted by Gasteiger charge is 2.31. The largest absolute Gasteiger partial charge is 0.573 e. The van der Waals surface area contributed by atoms with E-state index in [-0.39, 0.29) is 11.3 Å². The number of rotatable bonds is 4. The molecule has 0 saturated carbocycles. The molecule has 2 aromatic carbocycles. The first-order valence-corrected chi connectivity index (χ1v) is 8.69. The Balaban J connectivity index is 1.90. The number of aryl methyl sites for hydroxylation is 2. The molecule has 0 aliphatic carbocycles. The minimum absolute atomic E-state index is 0.0731. The molecule has 2 aromatic heterocycles. The number of hydrogen-bond acceptors (Lipinski definition) is 5. The van der Waals surface area contributed by atoms with Crippen LogP contribution in [0.3, 0.4) is 0 Å². The van der Waals surface area contributed by atoms with Crippen LogP contribution >= 0.6 is 0 Å². The molecule has 1 N–H and O–H groups in total. The summed E-state index contributed by atoms with van der Waals surface area (Å²) < 4.78 is 47.9. The number of fused-ring (bicyclic) bond motifs is 1. The maximum Gasteiger partial charge on any atom is 0.573 e. The minimum atomic E-state index is -4.79. The fourth-order valence-corrected chi connectivity index (χ4v) is 3.24. The molecular weight excluding hydrogens is 403 g/mol. The van der Waals surface area contributed by atoms with Gasteiger partial charge < -0.3 is 14.4 Å². The van der Waals surface area contributed by atoms with E-state index in [1.807, 2.05) is 0 Å². The van der Waals surface area contributed by atoms with Gasteiger partial charge in [-0.15, -0.1) is 13.2 Å². The zero-order valence-electron chi connectivity index (χ0n) is 15.7. The first kappa shape index (κ1) is 19.5. The maximum absolute atomic E-state index is 12.4. The third kappa shape index (κ3) is 3.47. The monoisotopic (exact) mass is 417 g/mol. The van der Waals surface area contributed by atoms with Crippen LogP contribution in [0.25, 0.3) is 27.8 Å². The van der Waals surface area contributed by atoms with Crippen LogP contribution in [0.2, 0.25) is 0 Å². The van der Waals surface area contributed by atoms with Gasteiger partial charge in [-0.1, -0.05) is 5.16 Å². The number of aromatic carboxylic acids is 1. The van der Waals surface area contributed by atoms with Crippen LogP contribution < -0.4 is 4.74 Å². The summed E-state index contributed by atoms with van der Waals surface area (Å²) in [5.41, 5.74) is 2.77. The maximum atomic E-state index is 12.4. The number of hydrogen-bond donors (Lipinski definition) is 1. The number of carboxylic acid groups (broad SMARTS) is 1. The number of aromatic nitrogens is 3. The van der Waals surface area contributed by atoms with Gasteiger partial charge in [0.2, 0.25) is 0 Å². The van der Waals surface area contributed by atoms with Gasteiger partial charge in [0.1, 0.15) is 17.2 Å². The smallest absolute Gasteiger partial charge is 0.478 e. The molecule has 154 valence electrons. The fourth-order valence-electron chi connectivity index (χ4n) is 3.24. The Hall–Kier alpha value is -3.82. The molecule has 2 heterocycles. The lowest BCUT2D eigenvalue weighted by molar-refractivity contribution is -0.274. The number of nitrogens with zero attached hydrogens (tertiary/aromatic N) is 3. The summed E-state index contributed by atoms with van der Waals surface area (Å²) in [7, 11) is 0. The van der Waals surface area contributed by atoms with Gasteiger partial charge in [-0.05, 0) is 56.3 Å². The lowest BCUT2D eigenvalue weighted by Gasteiger charge is -2.09. The molecule has 0 aliphatic rings. The topological polar surface area (TPSA) is 90.4 Å². The van der Waals surface area contributed by atoms with Crippen molar-refractivity contribution in [3.8, 4) is 22.7 Å². The zero-order chi connectivity index (χ0) is 21.6. The molecule has 0 spiro atoms. The Morgan fingerprint density at radius 2 is 1.83 bits per heavy atom. The lowest BCUT2D eigenvalue weighted by atomic mass is 10.0. The van der Waals surface area contributed by atoms with Gasteiger partial charge in [0, 0.05) is 5.39 Å². The summed E-state index contributed by atoms with van der Waals surface area (Å²) in [5, 5.41) is 18.4. The Kier molecular flexibility index (Phi) is 4.49. The van der Waals surface area contributed by atoms with E-state index in [2.05, 4.69) is 15.0 Å². The lowest BCUT2D eigenvalue weighted by Crippen LogP contribution is -2.17. The van der Waals surface area contributed by atoms with Crippen molar-refractivity contribution in [3.05, 3.63) is 59.5 Å². The van der Waals surface area contributed by atoms with Crippen molar-refractivity contribution < 1.29 is 32.3 Å². The van der Waals surface area contributed by atoms with Gasteiger partial charge in [-0.2, -0.15) is 5.10 Å². The molecule has 0 amide bonds. The molecule has 0 bridgehead atoms. The Morgan fingerprint density at radius 3 is 2.40 bits per heavy atom. The summed E-state index contributed by atoms with van der Waals surface area (Å²) in [6, 6.07) is 9.72. The standard InChI is InChI=1S/C20H14F3N3O4/c1-10-17(11(2)30-25-10)18-15-9-12(19(27)28)3-8-16(15)26(24-18)13-4-6-14(7-5-13)29-20(21,22)23/h3-9H,1-2H3,(H,27,28). The number of alkyl halides is 3. The normalized spacial score (nSPS) is 11.8. The van der Waals surface area contributed by atoms with E-state index in [0.717, 1.165) is 0 Å². The molecule has 4 rings (SSSR count). The summed E-state index contributed by atoms with van der Waals surface area (Å²) in [6.07, 6.45) is -4.79. The van der Waals surface area contributed by atoms with Gasteiger partial charge in [0.25, 0.3) is 0 Å². The summed E-state index contributed by atoms with van der Waals surface area (Å²) in [4.78, 5) is 11.4. The molecule has 4 aromatic rings. The number of ether oxygens (including phenoxy) is 1. The van der Waals surface area contributed by atoms with Crippen molar-refractivity contribution in [2.24, 2.45) is 0 Å². The third-order valence-corrected chi connectivity index (χ3v) is 4.51. The predicted octanol–water partition coefficient (Wildman–Crippen LogP) is 4.89. The molecule has 0 unspecified atom stereocenters. The van der Waals surface area contributed by atoms with E-state index < -0.39 is 12.3 Å². The van der Waals surface area contributed by atoms with Crippen LogP contribution in [0.1, 0.15) is 21.8 Å². The number of carboxylic acids is 1. The van der Waals surface area contributed by atoms with E-state index >= 15 is 0 Å². The molecule has 0 fully saturated rings. The van der Waals surface area contributed by atoms with E-state index in [9.17, 15) is 23.1 Å². The summed E-state index contributed by atoms with van der Waals surface area (Å²) in [6.45, 7) is 3.45. The highest BCUT2D eigenvalue weighted by Crippen LogP contribution is 2.34. The zero-order valence-corrected chi connectivity index (χ0v) is 15.7. The van der Waals surface area contributed by atoms with Gasteiger partial charge in [-0.3, -0.25) is 0 Å². The van der Waals surface area contributed by atoms with Crippen molar-refractivity contribution in [1.82, 2.24) is 14.9 Å². The van der Waals surface area contributed by atoms with Crippen LogP contribution in [-0.4, -0.2) is 32.4 Å². The van der Waals surface area contributed by atoms with Crippen molar-refractivity contribution in [1.29, 1.82) is 0 Å². The summed E-state index contributed by atoms with van der Waals surface area (Å²) in [5.74, 6) is -0.946. The van der Waals surface area contributed by atoms with Crippen molar-refractivity contribution in [2.45, 2.75) is 20.2 Å². The molecule has 0 atom stereocenters. The Labute approximate surface area is 167 Å². The molecular formula is C20H14F3N3O4. The molecule has 0 aliphatic heterocycles. The van der Waals surface area contributed by atoms with Crippen molar-refractivity contribution >= 4 is 16.9 Å². The Morgan fingerprint density at radius 1 is 1.13 bits per heavy atom. The summed E-state index contributed by atoms with van der Waals surface area (Å²) >= 11 is 0. The highest BCUT2D eigenvalue weighted by molar-refractivity contribution is 6.00. The van der Waals surface area contributed by atoms with E-state index in [0.29, 0.717) is 39.3 Å². The van der Waals surface area contributed by atoms with Gasteiger partial charge in [0.15, 0.2) is 0 Å². The third-order valence-electron chi connectivity index (χ3n) is 4.51. The minimum Gasteiger partial charge on any atom is -0.478 e. The average Bonchev–Trinajstić information content (AvgIpc) is 3.20. The van der Waals surface area contributed by atoms with E-state index in [4.69, 9.17) is 4.52 Å². The predicted molar refractivity (Wildman–Crippen MR) is 99.7 cm³/mol. The van der Waals surface area contributed by atoms with Gasteiger partial charge >= 0.3 is 12.3 Å². The second-order valence-corrected chi connectivity index (χ2v) is 6.54. The SMILES string of the molecule is Cc1noc(C)c1-c1nn(-c2ccc(OC(F)(F)F)cc2)c2ccc(C(=O)O)cc12.